The van der Waals surface area contributed by atoms with Gasteiger partial charge in [0, 0.05) is 26.4 Å². The number of aryl methyl sites for hydroxylation is 1. The molecule has 3 heterocycles. The molecule has 1 aliphatic heterocycles. The Balaban J connectivity index is 1.67. The molecule has 6 nitrogen and oxygen atoms in total. The van der Waals surface area contributed by atoms with Crippen LogP contribution in [0.15, 0.2) is 85.0 Å². The van der Waals surface area contributed by atoms with Gasteiger partial charge in [0.15, 0.2) is 4.80 Å². The lowest BCUT2D eigenvalue weighted by Crippen LogP contribution is -2.40. The Bertz CT molecular complexity index is 1810. The Kier molecular flexibility index (Phi) is 8.08. The minimum Gasteiger partial charge on any atom is -0.459 e. The van der Waals surface area contributed by atoms with E-state index >= 15 is 0 Å². The summed E-state index contributed by atoms with van der Waals surface area (Å²) >= 11 is 6.48. The highest BCUT2D eigenvalue weighted by atomic mass is 79.9. The fourth-order valence-corrected chi connectivity index (χ4v) is 6.73. The molecule has 0 aliphatic carbocycles. The number of ether oxygens (including phenoxy) is 1. The highest BCUT2D eigenvalue weighted by Gasteiger charge is 2.33. The number of nitrogens with zero attached hydrogens (tertiary/aromatic N) is 3. The number of hydrogen-bond donors (Lipinski definition) is 0. The van der Waals surface area contributed by atoms with E-state index in [-0.39, 0.29) is 11.7 Å². The molecule has 0 spiro atoms. The average Bonchev–Trinajstić information content (AvgIpc) is 3.37. The van der Waals surface area contributed by atoms with Gasteiger partial charge < -0.3 is 9.30 Å². The summed E-state index contributed by atoms with van der Waals surface area (Å²) in [7, 11) is 0. The van der Waals surface area contributed by atoms with Gasteiger partial charge in [-0.25, -0.2) is 9.79 Å². The number of hydrogen-bond acceptors (Lipinski definition) is 6. The Hall–Kier alpha value is -3.14. The topological polar surface area (TPSA) is 65.6 Å². The van der Waals surface area contributed by atoms with Gasteiger partial charge in [0.05, 0.1) is 27.9 Å². The fourth-order valence-electron chi connectivity index (χ4n) is 5.02. The van der Waals surface area contributed by atoms with E-state index in [1.165, 1.54) is 11.3 Å². The standard InChI is InChI=1S/C31H30BrN3O3S2/c1-17(2)38-30(37)27-19(4)33-31-35(28(27)21-7-13-25(39-6)14-8-21)29(36)26(40-31)16-22-15-18(3)34(20(22)5)24-11-9-23(32)10-12-24/h7-17,28H,1-6H3/b26-16-/t28-/m0/s1. The predicted octanol–water partition coefficient (Wildman–Crippen LogP) is 6.08. The van der Waals surface area contributed by atoms with Crippen molar-refractivity contribution in [2.24, 2.45) is 4.99 Å². The molecule has 0 saturated heterocycles. The molecule has 2 aromatic carbocycles. The number of carbonyl (C=O) groups is 1. The lowest BCUT2D eigenvalue weighted by atomic mass is 9.96. The smallest absolute Gasteiger partial charge is 0.338 e. The molecule has 5 rings (SSSR count). The number of thioether (sulfide) groups is 1. The van der Waals surface area contributed by atoms with Crippen molar-refractivity contribution in [1.82, 2.24) is 9.13 Å². The van der Waals surface area contributed by atoms with Gasteiger partial charge in [0.25, 0.3) is 5.56 Å². The van der Waals surface area contributed by atoms with Crippen LogP contribution >= 0.6 is 39.0 Å². The molecule has 2 aromatic heterocycles. The van der Waals surface area contributed by atoms with Crippen LogP contribution < -0.4 is 14.9 Å². The van der Waals surface area contributed by atoms with Crippen molar-refractivity contribution in [3.8, 4) is 5.69 Å². The van der Waals surface area contributed by atoms with Gasteiger partial charge in [-0.1, -0.05) is 39.4 Å². The molecular weight excluding hydrogens is 606 g/mol. The minimum absolute atomic E-state index is 0.182. The van der Waals surface area contributed by atoms with E-state index in [9.17, 15) is 9.59 Å². The summed E-state index contributed by atoms with van der Waals surface area (Å²) in [5, 5.41) is 0. The third-order valence-electron chi connectivity index (χ3n) is 6.86. The molecule has 40 heavy (non-hydrogen) atoms. The summed E-state index contributed by atoms with van der Waals surface area (Å²) in [6.07, 6.45) is 3.65. The van der Waals surface area contributed by atoms with Gasteiger partial charge in [-0.3, -0.25) is 9.36 Å². The zero-order chi connectivity index (χ0) is 28.7. The monoisotopic (exact) mass is 635 g/mol. The number of carbonyl (C=O) groups excluding carboxylic acids is 1. The first-order chi connectivity index (χ1) is 19.1. The highest BCUT2D eigenvalue weighted by molar-refractivity contribution is 9.10. The van der Waals surface area contributed by atoms with E-state index in [1.54, 1.807) is 16.3 Å². The summed E-state index contributed by atoms with van der Waals surface area (Å²) in [6.45, 7) is 9.55. The molecule has 9 heteroatoms. The van der Waals surface area contributed by atoms with Gasteiger partial charge in [-0.2, -0.15) is 0 Å². The molecule has 1 atom stereocenters. The van der Waals surface area contributed by atoms with Crippen LogP contribution in [0.5, 0.6) is 0 Å². The van der Waals surface area contributed by atoms with Crippen molar-refractivity contribution in [3.05, 3.63) is 113 Å². The number of allylic oxidation sites excluding steroid dienone is 1. The van der Waals surface area contributed by atoms with Gasteiger partial charge in [-0.05, 0) is 101 Å². The Morgan fingerprint density at radius 3 is 2.40 bits per heavy atom. The number of aromatic nitrogens is 2. The maximum atomic E-state index is 14.0. The summed E-state index contributed by atoms with van der Waals surface area (Å²) < 4.78 is 11.0. The largest absolute Gasteiger partial charge is 0.459 e. The predicted molar refractivity (Wildman–Crippen MR) is 166 cm³/mol. The van der Waals surface area contributed by atoms with Gasteiger partial charge >= 0.3 is 5.97 Å². The fraction of sp³-hybridized carbons (Fsp3) is 0.258. The number of esters is 1. The van der Waals surface area contributed by atoms with Crippen molar-refractivity contribution in [1.29, 1.82) is 0 Å². The molecule has 0 saturated carbocycles. The molecule has 0 fully saturated rings. The molecule has 1 aliphatic rings. The lowest BCUT2D eigenvalue weighted by molar-refractivity contribution is -0.143. The first-order valence-corrected chi connectivity index (χ1v) is 15.7. The Labute approximate surface area is 249 Å². The van der Waals surface area contributed by atoms with Crippen molar-refractivity contribution in [2.75, 3.05) is 6.26 Å². The number of fused-ring (bicyclic) bond motifs is 1. The molecule has 0 unspecified atom stereocenters. The van der Waals surface area contributed by atoms with Crippen LogP contribution in [0, 0.1) is 13.8 Å². The van der Waals surface area contributed by atoms with Crippen LogP contribution in [0.25, 0.3) is 11.8 Å². The van der Waals surface area contributed by atoms with Gasteiger partial charge in [0.1, 0.15) is 0 Å². The SMILES string of the molecule is CSc1ccc([C@H]2C(C(=O)OC(C)C)=C(C)N=c3s/c(=C\c4cc(C)n(-c5ccc(Br)cc5)c4C)c(=O)n32)cc1. The summed E-state index contributed by atoms with van der Waals surface area (Å²) in [5.41, 5.74) is 5.72. The zero-order valence-electron chi connectivity index (χ0n) is 23.2. The van der Waals surface area contributed by atoms with Crippen molar-refractivity contribution >= 4 is 51.1 Å². The minimum atomic E-state index is -0.629. The third-order valence-corrected chi connectivity index (χ3v) is 9.11. The van der Waals surface area contributed by atoms with E-state index in [2.05, 4.69) is 52.5 Å². The number of thiazole rings is 1. The van der Waals surface area contributed by atoms with Crippen LogP contribution in [0.2, 0.25) is 0 Å². The normalized spacial score (nSPS) is 15.4. The quantitative estimate of drug-likeness (QED) is 0.190. The summed E-state index contributed by atoms with van der Waals surface area (Å²) in [4.78, 5) is 33.7. The summed E-state index contributed by atoms with van der Waals surface area (Å²) in [6, 6.07) is 17.6. The Morgan fingerprint density at radius 2 is 1.77 bits per heavy atom. The van der Waals surface area contributed by atoms with Crippen molar-refractivity contribution in [3.63, 3.8) is 0 Å². The van der Waals surface area contributed by atoms with E-state index in [0.29, 0.717) is 20.6 Å². The van der Waals surface area contributed by atoms with Crippen LogP contribution in [0.1, 0.15) is 49.3 Å². The first kappa shape index (κ1) is 28.4. The van der Waals surface area contributed by atoms with Crippen LogP contribution in [-0.2, 0) is 9.53 Å². The van der Waals surface area contributed by atoms with E-state index in [4.69, 9.17) is 9.73 Å². The zero-order valence-corrected chi connectivity index (χ0v) is 26.4. The van der Waals surface area contributed by atoms with E-state index in [1.807, 2.05) is 69.5 Å². The number of halogens is 1. The second-order valence-corrected chi connectivity index (χ2v) is 12.8. The first-order valence-electron chi connectivity index (χ1n) is 12.9. The van der Waals surface area contributed by atoms with Crippen LogP contribution in [0.4, 0.5) is 0 Å². The maximum absolute atomic E-state index is 14.0. The molecular formula is C31H30BrN3O3S2. The Morgan fingerprint density at radius 1 is 1.10 bits per heavy atom. The van der Waals surface area contributed by atoms with Gasteiger partial charge in [0.2, 0.25) is 0 Å². The average molecular weight is 637 g/mol. The molecule has 206 valence electrons. The van der Waals surface area contributed by atoms with Crippen molar-refractivity contribution in [2.45, 2.75) is 51.7 Å². The van der Waals surface area contributed by atoms with Crippen LogP contribution in [-0.4, -0.2) is 27.5 Å². The van der Waals surface area contributed by atoms with E-state index in [0.717, 1.165) is 37.6 Å². The second kappa shape index (κ2) is 11.4. The molecule has 0 N–H and O–H groups in total. The molecule has 0 bridgehead atoms. The van der Waals surface area contributed by atoms with E-state index < -0.39 is 12.0 Å². The molecule has 0 radical (unpaired) electrons. The molecule has 0 amide bonds. The molecule has 4 aromatic rings. The number of rotatable bonds is 6. The maximum Gasteiger partial charge on any atom is 0.338 e. The summed E-state index contributed by atoms with van der Waals surface area (Å²) in [5.74, 6) is -0.456. The third kappa shape index (κ3) is 5.30. The van der Waals surface area contributed by atoms with Crippen molar-refractivity contribution < 1.29 is 9.53 Å². The highest BCUT2D eigenvalue weighted by Crippen LogP contribution is 2.32. The number of benzene rings is 2. The lowest BCUT2D eigenvalue weighted by Gasteiger charge is -2.25. The van der Waals surface area contributed by atoms with Gasteiger partial charge in [-0.15, -0.1) is 11.8 Å². The van der Waals surface area contributed by atoms with Crippen LogP contribution in [0.3, 0.4) is 0 Å². The second-order valence-electron chi connectivity index (χ2n) is 9.95.